The van der Waals surface area contributed by atoms with E-state index in [4.69, 9.17) is 14.6 Å². The summed E-state index contributed by atoms with van der Waals surface area (Å²) >= 11 is 0. The monoisotopic (exact) mass is 328 g/mol. The Hall–Kier alpha value is -1.89. The molecule has 0 spiro atoms. The van der Waals surface area contributed by atoms with Gasteiger partial charge in [-0.05, 0) is 6.92 Å². The molecule has 2 aliphatic rings. The quantitative estimate of drug-likeness (QED) is 0.458. The Bertz CT molecular complexity index is 519. The number of hydrogen-bond donors (Lipinski definition) is 1. The van der Waals surface area contributed by atoms with Crippen molar-refractivity contribution in [1.29, 1.82) is 0 Å². The van der Waals surface area contributed by atoms with Crippen LogP contribution in [-0.4, -0.2) is 48.4 Å². The van der Waals surface area contributed by atoms with Gasteiger partial charge < -0.3 is 19.3 Å². The van der Waals surface area contributed by atoms with Gasteiger partial charge in [-0.15, -0.1) is 0 Å². The number of ether oxygens (including phenoxy) is 3. The Morgan fingerprint density at radius 2 is 1.61 bits per heavy atom. The first kappa shape index (κ1) is 19.2. The number of aliphatic hydroxyl groups is 1. The number of aliphatic hydroxyl groups excluding tert-OH is 1. The van der Waals surface area contributed by atoms with Crippen LogP contribution in [0.3, 0.4) is 0 Å². The fourth-order valence-electron chi connectivity index (χ4n) is 1.88. The standard InChI is InChI=1S/C10H14O4.C6H10O3/c1-6(2)8(11)14-7-9(12)13-5-10(7,3)4;1-6(2)3-9-5(8)4(6)7/h7H,1,5H2,2-4H3;4,7H,3H2,1-2H3. The molecule has 23 heavy (non-hydrogen) atoms. The second-order valence-electron chi connectivity index (χ2n) is 7.16. The van der Waals surface area contributed by atoms with Crippen molar-refractivity contribution in [3.05, 3.63) is 12.2 Å². The summed E-state index contributed by atoms with van der Waals surface area (Å²) in [5.74, 6) is -1.54. The number of cyclic esters (lactones) is 2. The molecule has 0 bridgehead atoms. The number of rotatable bonds is 2. The lowest BCUT2D eigenvalue weighted by Gasteiger charge is -2.21. The van der Waals surface area contributed by atoms with Crippen LogP contribution in [0.1, 0.15) is 34.6 Å². The molecule has 0 amide bonds. The van der Waals surface area contributed by atoms with Crippen LogP contribution in [0.15, 0.2) is 12.2 Å². The van der Waals surface area contributed by atoms with E-state index in [-0.39, 0.29) is 12.2 Å². The van der Waals surface area contributed by atoms with Gasteiger partial charge in [0.25, 0.3) is 0 Å². The summed E-state index contributed by atoms with van der Waals surface area (Å²) < 4.78 is 14.4. The molecule has 7 nitrogen and oxygen atoms in total. The van der Waals surface area contributed by atoms with Crippen LogP contribution >= 0.6 is 0 Å². The summed E-state index contributed by atoms with van der Waals surface area (Å²) in [6, 6.07) is 0. The Kier molecular flexibility index (Phi) is 5.58. The molecule has 0 radical (unpaired) electrons. The Labute approximate surface area is 135 Å². The van der Waals surface area contributed by atoms with Crippen LogP contribution in [0.5, 0.6) is 0 Å². The van der Waals surface area contributed by atoms with E-state index in [2.05, 4.69) is 11.3 Å². The smallest absolute Gasteiger partial charge is 0.348 e. The zero-order chi connectivity index (χ0) is 18.0. The highest BCUT2D eigenvalue weighted by molar-refractivity contribution is 5.90. The lowest BCUT2D eigenvalue weighted by molar-refractivity contribution is -0.160. The van der Waals surface area contributed by atoms with E-state index in [9.17, 15) is 14.4 Å². The molecule has 0 aromatic carbocycles. The van der Waals surface area contributed by atoms with E-state index >= 15 is 0 Å². The van der Waals surface area contributed by atoms with Gasteiger partial charge in [0, 0.05) is 16.4 Å². The molecule has 7 heteroatoms. The van der Waals surface area contributed by atoms with Crippen LogP contribution in [0, 0.1) is 10.8 Å². The molecule has 2 aliphatic heterocycles. The predicted octanol–water partition coefficient (Wildman–Crippen LogP) is 0.988. The third kappa shape index (κ3) is 4.54. The fraction of sp³-hybridized carbons (Fsp3) is 0.688. The van der Waals surface area contributed by atoms with Crippen molar-refractivity contribution in [1.82, 2.24) is 0 Å². The minimum Gasteiger partial charge on any atom is -0.463 e. The Balaban J connectivity index is 0.000000253. The number of esters is 3. The summed E-state index contributed by atoms with van der Waals surface area (Å²) in [6.45, 7) is 12.8. The molecule has 0 aromatic heterocycles. The average molecular weight is 328 g/mol. The van der Waals surface area contributed by atoms with Gasteiger partial charge in [-0.25, -0.2) is 14.4 Å². The number of hydrogen-bond acceptors (Lipinski definition) is 7. The summed E-state index contributed by atoms with van der Waals surface area (Å²) in [5, 5.41) is 9.05. The summed E-state index contributed by atoms with van der Waals surface area (Å²) in [4.78, 5) is 32.9. The maximum absolute atomic E-state index is 11.2. The maximum Gasteiger partial charge on any atom is 0.348 e. The molecule has 2 saturated heterocycles. The van der Waals surface area contributed by atoms with Crippen molar-refractivity contribution in [2.24, 2.45) is 10.8 Å². The maximum atomic E-state index is 11.2. The van der Waals surface area contributed by atoms with E-state index in [0.717, 1.165) is 0 Å². The summed E-state index contributed by atoms with van der Waals surface area (Å²) in [5.41, 5.74) is -0.570. The topological polar surface area (TPSA) is 99.1 Å². The molecule has 2 fully saturated rings. The molecule has 0 saturated carbocycles. The first-order valence-electron chi connectivity index (χ1n) is 7.26. The van der Waals surface area contributed by atoms with Crippen molar-refractivity contribution in [3.63, 3.8) is 0 Å². The van der Waals surface area contributed by atoms with E-state index in [0.29, 0.717) is 6.61 Å². The fourth-order valence-corrected chi connectivity index (χ4v) is 1.88. The van der Waals surface area contributed by atoms with E-state index < -0.39 is 40.9 Å². The second kappa shape index (κ2) is 6.70. The molecule has 2 atom stereocenters. The largest absolute Gasteiger partial charge is 0.463 e. The van der Waals surface area contributed by atoms with Gasteiger partial charge in [0.1, 0.15) is 6.61 Å². The van der Waals surface area contributed by atoms with Gasteiger partial charge in [-0.1, -0.05) is 34.3 Å². The molecule has 2 heterocycles. The highest BCUT2D eigenvalue weighted by Gasteiger charge is 2.46. The van der Waals surface area contributed by atoms with Gasteiger partial charge in [-0.3, -0.25) is 0 Å². The van der Waals surface area contributed by atoms with Gasteiger partial charge in [0.05, 0.1) is 6.61 Å². The van der Waals surface area contributed by atoms with Gasteiger partial charge in [0.15, 0.2) is 6.10 Å². The van der Waals surface area contributed by atoms with Gasteiger partial charge in [-0.2, -0.15) is 0 Å². The molecule has 0 aliphatic carbocycles. The van der Waals surface area contributed by atoms with Crippen LogP contribution < -0.4 is 0 Å². The molecule has 2 unspecified atom stereocenters. The van der Waals surface area contributed by atoms with Crippen LogP contribution in [-0.2, 0) is 28.6 Å². The third-order valence-corrected chi connectivity index (χ3v) is 3.63. The number of carbonyl (C=O) groups is 3. The van der Waals surface area contributed by atoms with Crippen LogP contribution in [0.2, 0.25) is 0 Å². The molecular weight excluding hydrogens is 304 g/mol. The molecule has 130 valence electrons. The summed E-state index contributed by atoms with van der Waals surface area (Å²) in [7, 11) is 0. The lowest BCUT2D eigenvalue weighted by atomic mass is 9.90. The zero-order valence-corrected chi connectivity index (χ0v) is 14.2. The Morgan fingerprint density at radius 1 is 1.13 bits per heavy atom. The lowest BCUT2D eigenvalue weighted by Crippen LogP contribution is -2.35. The number of carbonyl (C=O) groups excluding carboxylic acids is 3. The predicted molar refractivity (Wildman–Crippen MR) is 80.2 cm³/mol. The van der Waals surface area contributed by atoms with E-state index in [1.54, 1.807) is 13.8 Å². The normalized spacial score (nSPS) is 27.4. The van der Waals surface area contributed by atoms with Crippen LogP contribution in [0.4, 0.5) is 0 Å². The molecule has 1 N–H and O–H groups in total. The van der Waals surface area contributed by atoms with Crippen molar-refractivity contribution in [3.8, 4) is 0 Å². The third-order valence-electron chi connectivity index (χ3n) is 3.63. The Morgan fingerprint density at radius 3 is 1.87 bits per heavy atom. The SMILES string of the molecule is C=C(C)C(=O)OC1C(=O)OCC1(C)C.CC1(C)COC(=O)C1O. The highest BCUT2D eigenvalue weighted by Crippen LogP contribution is 2.31. The zero-order valence-electron chi connectivity index (χ0n) is 14.2. The van der Waals surface area contributed by atoms with Crippen LogP contribution in [0.25, 0.3) is 0 Å². The van der Waals surface area contributed by atoms with Crippen molar-refractivity contribution >= 4 is 17.9 Å². The highest BCUT2D eigenvalue weighted by atomic mass is 16.6. The average Bonchev–Trinajstić information content (AvgIpc) is 2.83. The van der Waals surface area contributed by atoms with Gasteiger partial charge >= 0.3 is 17.9 Å². The molecule has 0 aromatic rings. The van der Waals surface area contributed by atoms with E-state index in [1.165, 1.54) is 6.92 Å². The first-order chi connectivity index (χ1) is 10.4. The second-order valence-corrected chi connectivity index (χ2v) is 7.16. The summed E-state index contributed by atoms with van der Waals surface area (Å²) in [6.07, 6.45) is -1.75. The van der Waals surface area contributed by atoms with E-state index in [1.807, 2.05) is 13.8 Å². The van der Waals surface area contributed by atoms with Crippen molar-refractivity contribution in [2.75, 3.05) is 13.2 Å². The van der Waals surface area contributed by atoms with Crippen molar-refractivity contribution in [2.45, 2.75) is 46.8 Å². The van der Waals surface area contributed by atoms with Crippen molar-refractivity contribution < 1.29 is 33.7 Å². The molecular formula is C16H24O7. The minimum absolute atomic E-state index is 0.278. The minimum atomic E-state index is -0.933. The van der Waals surface area contributed by atoms with Gasteiger partial charge in [0.2, 0.25) is 6.10 Å². The molecule has 2 rings (SSSR count). The first-order valence-corrected chi connectivity index (χ1v) is 7.26.